The second-order valence-corrected chi connectivity index (χ2v) is 10.2. The van der Waals surface area contributed by atoms with Gasteiger partial charge in [-0.1, -0.05) is 63.3 Å². The number of carbonyl (C=O) groups excluding carboxylic acids is 2. The molecule has 0 saturated carbocycles. The van der Waals surface area contributed by atoms with Gasteiger partial charge in [0.1, 0.15) is 0 Å². The van der Waals surface area contributed by atoms with Crippen molar-refractivity contribution >= 4 is 23.4 Å². The number of carbonyl (C=O) groups is 2. The van der Waals surface area contributed by atoms with Gasteiger partial charge in [-0.15, -0.1) is 0 Å². The summed E-state index contributed by atoms with van der Waals surface area (Å²) >= 11 is 0. The Morgan fingerprint density at radius 2 is 1.63 bits per heavy atom. The molecular formula is C28H40N4O3. The molecule has 0 spiro atoms. The number of benzene rings is 2. The van der Waals surface area contributed by atoms with Gasteiger partial charge in [0.05, 0.1) is 5.54 Å². The number of hydroxylamine groups is 2. The molecule has 1 aliphatic rings. The fourth-order valence-corrected chi connectivity index (χ4v) is 5.08. The van der Waals surface area contributed by atoms with Crippen LogP contribution in [0.3, 0.4) is 0 Å². The van der Waals surface area contributed by atoms with Gasteiger partial charge in [0, 0.05) is 11.4 Å². The summed E-state index contributed by atoms with van der Waals surface area (Å²) in [7, 11) is 0. The molecule has 2 aromatic carbocycles. The minimum absolute atomic E-state index is 0.339. The molecule has 35 heavy (non-hydrogen) atoms. The number of nitrogens with one attached hydrogen (secondary N) is 2. The van der Waals surface area contributed by atoms with E-state index in [9.17, 15) is 14.8 Å². The second-order valence-electron chi connectivity index (χ2n) is 10.2. The van der Waals surface area contributed by atoms with E-state index in [2.05, 4.69) is 17.6 Å². The average Bonchev–Trinajstić information content (AvgIpc) is 3.00. The number of nitrogens with zero attached hydrogens (tertiary/aromatic N) is 2. The van der Waals surface area contributed by atoms with E-state index in [-0.39, 0.29) is 6.03 Å². The molecule has 0 radical (unpaired) electrons. The smallest absolute Gasteiger partial charge is 0.328 e. The molecule has 0 bridgehead atoms. The van der Waals surface area contributed by atoms with Crippen LogP contribution >= 0.6 is 0 Å². The Hall–Kier alpha value is -3.06. The van der Waals surface area contributed by atoms with Crippen molar-refractivity contribution in [3.63, 3.8) is 0 Å². The van der Waals surface area contributed by atoms with Crippen molar-refractivity contribution in [1.29, 1.82) is 0 Å². The van der Waals surface area contributed by atoms with E-state index in [0.29, 0.717) is 17.8 Å². The van der Waals surface area contributed by atoms with Gasteiger partial charge in [-0.25, -0.2) is 9.59 Å². The maximum Gasteiger partial charge on any atom is 0.347 e. The zero-order chi connectivity index (χ0) is 25.6. The van der Waals surface area contributed by atoms with Crippen LogP contribution < -0.4 is 15.5 Å². The first-order valence-corrected chi connectivity index (χ1v) is 12.7. The van der Waals surface area contributed by atoms with E-state index < -0.39 is 17.2 Å². The zero-order valence-corrected chi connectivity index (χ0v) is 21.7. The maximum absolute atomic E-state index is 13.4. The van der Waals surface area contributed by atoms with Gasteiger partial charge in [-0.05, 0) is 75.9 Å². The lowest BCUT2D eigenvalue weighted by Crippen LogP contribution is -2.69. The standard InChI is InChI=1S/C28H40N4O3/c1-6-7-8-9-10-11-18-28(32(35)25(33)29-23-16-12-14-21(2)19-23)27(4,5)30-26(34)31(28)24-17-13-15-22(3)20-24/h12-17,19-20,35H,6-11,18H2,1-5H3,(H,29,33)(H,30,34). The van der Waals surface area contributed by atoms with Crippen LogP contribution in [0.4, 0.5) is 21.0 Å². The molecule has 0 aromatic heterocycles. The summed E-state index contributed by atoms with van der Waals surface area (Å²) in [5.41, 5.74) is 0.963. The van der Waals surface area contributed by atoms with Gasteiger partial charge in [0.15, 0.2) is 5.66 Å². The molecule has 1 fully saturated rings. The Bertz CT molecular complexity index is 1040. The van der Waals surface area contributed by atoms with Crippen LogP contribution in [-0.2, 0) is 0 Å². The van der Waals surface area contributed by atoms with E-state index in [4.69, 9.17) is 0 Å². The first-order chi connectivity index (χ1) is 16.6. The lowest BCUT2D eigenvalue weighted by molar-refractivity contribution is -0.142. The summed E-state index contributed by atoms with van der Waals surface area (Å²) in [5, 5.41) is 18.2. The molecule has 1 aliphatic heterocycles. The molecule has 0 aliphatic carbocycles. The normalized spacial score (nSPS) is 18.9. The fourth-order valence-electron chi connectivity index (χ4n) is 5.08. The van der Waals surface area contributed by atoms with Crippen molar-refractivity contribution in [3.05, 3.63) is 59.7 Å². The van der Waals surface area contributed by atoms with Crippen molar-refractivity contribution in [2.75, 3.05) is 10.2 Å². The molecule has 1 saturated heterocycles. The van der Waals surface area contributed by atoms with Crippen molar-refractivity contribution in [1.82, 2.24) is 10.4 Å². The van der Waals surface area contributed by atoms with Crippen molar-refractivity contribution in [3.8, 4) is 0 Å². The molecule has 7 nitrogen and oxygen atoms in total. The molecule has 1 heterocycles. The Labute approximate surface area is 209 Å². The first-order valence-electron chi connectivity index (χ1n) is 12.7. The monoisotopic (exact) mass is 480 g/mol. The van der Waals surface area contributed by atoms with Gasteiger partial charge >= 0.3 is 12.1 Å². The number of anilines is 2. The Morgan fingerprint density at radius 1 is 1.00 bits per heavy atom. The molecule has 4 amide bonds. The fraction of sp³-hybridized carbons (Fsp3) is 0.500. The summed E-state index contributed by atoms with van der Waals surface area (Å²) in [6.45, 7) is 9.80. The van der Waals surface area contributed by atoms with E-state index in [1.165, 1.54) is 12.8 Å². The highest BCUT2D eigenvalue weighted by Crippen LogP contribution is 2.44. The number of rotatable bonds is 10. The molecule has 3 N–H and O–H groups in total. The van der Waals surface area contributed by atoms with Gasteiger partial charge in [-0.2, -0.15) is 5.06 Å². The van der Waals surface area contributed by atoms with Crippen molar-refractivity contribution in [2.24, 2.45) is 0 Å². The predicted molar refractivity (Wildman–Crippen MR) is 141 cm³/mol. The highest BCUT2D eigenvalue weighted by molar-refractivity contribution is 5.99. The van der Waals surface area contributed by atoms with Crippen LogP contribution in [0.15, 0.2) is 48.5 Å². The highest BCUT2D eigenvalue weighted by atomic mass is 16.5. The van der Waals surface area contributed by atoms with Crippen LogP contribution in [0.25, 0.3) is 0 Å². The number of urea groups is 2. The van der Waals surface area contributed by atoms with Crippen LogP contribution in [0, 0.1) is 13.8 Å². The Balaban J connectivity index is 1.99. The molecule has 2 aromatic rings. The molecule has 190 valence electrons. The maximum atomic E-state index is 13.4. The number of amides is 4. The number of aryl methyl sites for hydroxylation is 2. The topological polar surface area (TPSA) is 84.9 Å². The van der Waals surface area contributed by atoms with Crippen LogP contribution in [0.2, 0.25) is 0 Å². The minimum atomic E-state index is -1.32. The van der Waals surface area contributed by atoms with Gasteiger partial charge < -0.3 is 10.6 Å². The Morgan fingerprint density at radius 3 is 2.29 bits per heavy atom. The van der Waals surface area contributed by atoms with Crippen molar-refractivity contribution in [2.45, 2.75) is 90.8 Å². The van der Waals surface area contributed by atoms with Gasteiger partial charge in [0.25, 0.3) is 0 Å². The summed E-state index contributed by atoms with van der Waals surface area (Å²) in [6.07, 6.45) is 6.74. The van der Waals surface area contributed by atoms with Crippen LogP contribution in [-0.4, -0.2) is 33.5 Å². The molecule has 1 atom stereocenters. The third-order valence-corrected chi connectivity index (χ3v) is 6.94. The minimum Gasteiger partial charge on any atom is -0.328 e. The SMILES string of the molecule is CCCCCCCCC1(N(O)C(=O)Nc2cccc(C)c2)N(c2cccc(C)c2)C(=O)NC1(C)C. The predicted octanol–water partition coefficient (Wildman–Crippen LogP) is 6.98. The van der Waals surface area contributed by atoms with E-state index in [1.54, 1.807) is 11.0 Å². The largest absolute Gasteiger partial charge is 0.347 e. The number of hydrogen-bond acceptors (Lipinski definition) is 3. The summed E-state index contributed by atoms with van der Waals surface area (Å²) in [6, 6.07) is 14.0. The number of hydrogen-bond donors (Lipinski definition) is 3. The molecular weight excluding hydrogens is 440 g/mol. The third-order valence-electron chi connectivity index (χ3n) is 6.94. The van der Waals surface area contributed by atoms with E-state index >= 15 is 0 Å². The van der Waals surface area contributed by atoms with Crippen LogP contribution in [0.5, 0.6) is 0 Å². The van der Waals surface area contributed by atoms with Crippen LogP contribution in [0.1, 0.15) is 76.8 Å². The van der Waals surface area contributed by atoms with E-state index in [0.717, 1.165) is 41.9 Å². The first kappa shape index (κ1) is 26.5. The number of unbranched alkanes of at least 4 members (excludes halogenated alkanes) is 5. The van der Waals surface area contributed by atoms with E-state index in [1.807, 2.05) is 70.2 Å². The summed E-state index contributed by atoms with van der Waals surface area (Å²) in [4.78, 5) is 28.4. The molecule has 1 unspecified atom stereocenters. The molecule has 7 heteroatoms. The summed E-state index contributed by atoms with van der Waals surface area (Å²) < 4.78 is 0. The van der Waals surface area contributed by atoms with Crippen molar-refractivity contribution < 1.29 is 14.8 Å². The third kappa shape index (κ3) is 5.61. The second kappa shape index (κ2) is 11.1. The summed E-state index contributed by atoms with van der Waals surface area (Å²) in [5.74, 6) is 0. The lowest BCUT2D eigenvalue weighted by atomic mass is 9.82. The zero-order valence-electron chi connectivity index (χ0n) is 21.7. The highest BCUT2D eigenvalue weighted by Gasteiger charge is 2.63. The average molecular weight is 481 g/mol. The lowest BCUT2D eigenvalue weighted by Gasteiger charge is -2.48. The Kier molecular flexibility index (Phi) is 8.43. The van der Waals surface area contributed by atoms with Gasteiger partial charge in [0.2, 0.25) is 0 Å². The molecule has 3 rings (SSSR count). The quantitative estimate of drug-likeness (QED) is 0.195. The van der Waals surface area contributed by atoms with Gasteiger partial charge in [-0.3, -0.25) is 10.1 Å².